The van der Waals surface area contributed by atoms with Gasteiger partial charge in [0.2, 0.25) is 5.91 Å². The smallest absolute Gasteiger partial charge is 0.260 e. The lowest BCUT2D eigenvalue weighted by molar-refractivity contribution is -0.134. The first-order valence-corrected chi connectivity index (χ1v) is 10.9. The number of hydrogen-bond donors (Lipinski definition) is 1. The van der Waals surface area contributed by atoms with Crippen molar-refractivity contribution in [1.82, 2.24) is 10.2 Å². The normalized spacial score (nSPS) is 14.4. The second kappa shape index (κ2) is 11.0. The van der Waals surface area contributed by atoms with Gasteiger partial charge in [0.05, 0.1) is 0 Å². The minimum atomic E-state index is -0.00609. The summed E-state index contributed by atoms with van der Waals surface area (Å²) in [7, 11) is 0. The Morgan fingerprint density at radius 1 is 1.10 bits per heavy atom. The van der Waals surface area contributed by atoms with Crippen LogP contribution in [-0.2, 0) is 22.4 Å². The first-order valence-electron chi connectivity index (χ1n) is 10.6. The summed E-state index contributed by atoms with van der Waals surface area (Å²) >= 11 is 5.89. The number of carbonyl (C=O) groups is 2. The van der Waals surface area contributed by atoms with E-state index in [1.165, 1.54) is 0 Å². The summed E-state index contributed by atoms with van der Waals surface area (Å²) in [4.78, 5) is 26.6. The molecule has 2 aromatic carbocycles. The van der Waals surface area contributed by atoms with Gasteiger partial charge in [-0.2, -0.15) is 0 Å². The number of aryl methyl sites for hydroxylation is 2. The van der Waals surface area contributed by atoms with Gasteiger partial charge in [0, 0.05) is 30.6 Å². The van der Waals surface area contributed by atoms with Crippen molar-refractivity contribution in [3.63, 3.8) is 0 Å². The third-order valence-electron chi connectivity index (χ3n) is 5.47. The van der Waals surface area contributed by atoms with E-state index < -0.39 is 0 Å². The Kier molecular flexibility index (Phi) is 8.14. The molecule has 1 aliphatic heterocycles. The molecule has 6 heteroatoms. The largest absolute Gasteiger partial charge is 0.483 e. The van der Waals surface area contributed by atoms with Gasteiger partial charge in [-0.05, 0) is 55.0 Å². The van der Waals surface area contributed by atoms with Gasteiger partial charge in [-0.25, -0.2) is 0 Å². The number of nitrogens with one attached hydrogen (secondary N) is 1. The Hall–Kier alpha value is -2.53. The lowest BCUT2D eigenvalue weighted by Gasteiger charge is -2.32. The Bertz CT molecular complexity index is 846. The van der Waals surface area contributed by atoms with E-state index in [4.69, 9.17) is 16.3 Å². The van der Waals surface area contributed by atoms with Gasteiger partial charge in [-0.15, -0.1) is 0 Å². The number of hydrogen-bond acceptors (Lipinski definition) is 3. The van der Waals surface area contributed by atoms with Gasteiger partial charge >= 0.3 is 0 Å². The molecule has 1 saturated heterocycles. The molecule has 0 unspecified atom stereocenters. The summed E-state index contributed by atoms with van der Waals surface area (Å²) in [6, 6.07) is 15.5. The molecule has 1 heterocycles. The predicted molar refractivity (Wildman–Crippen MR) is 119 cm³/mol. The molecule has 2 aromatic rings. The number of halogens is 1. The van der Waals surface area contributed by atoms with Crippen LogP contribution in [0.25, 0.3) is 0 Å². The highest BCUT2D eigenvalue weighted by Crippen LogP contribution is 2.19. The number of amides is 2. The molecule has 0 saturated carbocycles. The fourth-order valence-corrected chi connectivity index (χ4v) is 3.78. The molecule has 2 amide bonds. The number of nitrogens with zero attached hydrogens (tertiary/aromatic N) is 1. The molecule has 0 aliphatic carbocycles. The van der Waals surface area contributed by atoms with Crippen LogP contribution in [0.4, 0.5) is 0 Å². The van der Waals surface area contributed by atoms with Crippen LogP contribution in [0.15, 0.2) is 48.5 Å². The summed E-state index contributed by atoms with van der Waals surface area (Å²) in [5.74, 6) is 0.818. The summed E-state index contributed by atoms with van der Waals surface area (Å²) in [5, 5.41) is 3.80. The molecular weight excluding hydrogens is 400 g/mol. The number of ether oxygens (including phenoxy) is 1. The number of piperidine rings is 1. The van der Waals surface area contributed by atoms with Gasteiger partial charge in [0.1, 0.15) is 5.75 Å². The first-order chi connectivity index (χ1) is 14.5. The highest BCUT2D eigenvalue weighted by atomic mass is 35.5. The maximum Gasteiger partial charge on any atom is 0.260 e. The van der Waals surface area contributed by atoms with Crippen LogP contribution in [-0.4, -0.2) is 42.5 Å². The maximum atomic E-state index is 12.5. The zero-order chi connectivity index (χ0) is 21.3. The third kappa shape index (κ3) is 6.49. The standard InChI is InChI=1S/C24H29ClN2O3/c1-2-19-5-3-4-6-22(19)30-17-24(29)27-15-13-21(14-16-27)26-23(28)12-9-18-7-10-20(25)11-8-18/h3-8,10-11,21H,2,9,12-17H2,1H3,(H,26,28). The van der Waals surface area contributed by atoms with Crippen molar-refractivity contribution in [2.75, 3.05) is 19.7 Å². The SMILES string of the molecule is CCc1ccccc1OCC(=O)N1CCC(NC(=O)CCc2ccc(Cl)cc2)CC1. The van der Waals surface area contributed by atoms with Gasteiger partial charge in [0.15, 0.2) is 6.61 Å². The van der Waals surface area contributed by atoms with E-state index >= 15 is 0 Å². The van der Waals surface area contributed by atoms with Crippen molar-refractivity contribution in [2.24, 2.45) is 0 Å². The predicted octanol–water partition coefficient (Wildman–Crippen LogP) is 4.02. The maximum absolute atomic E-state index is 12.5. The molecule has 0 spiro atoms. The highest BCUT2D eigenvalue weighted by molar-refractivity contribution is 6.30. The van der Waals surface area contributed by atoms with Gasteiger partial charge in [0.25, 0.3) is 5.91 Å². The number of para-hydroxylation sites is 1. The molecule has 1 aliphatic rings. The Morgan fingerprint density at radius 2 is 1.80 bits per heavy atom. The zero-order valence-corrected chi connectivity index (χ0v) is 18.2. The van der Waals surface area contributed by atoms with E-state index in [0.29, 0.717) is 31.0 Å². The minimum absolute atomic E-state index is 0.00609. The number of benzene rings is 2. The highest BCUT2D eigenvalue weighted by Gasteiger charge is 2.24. The molecule has 1 N–H and O–H groups in total. The average molecular weight is 429 g/mol. The molecular formula is C24H29ClN2O3. The Labute approximate surface area is 183 Å². The molecule has 1 fully saturated rings. The van der Waals surface area contributed by atoms with Crippen LogP contribution in [0.2, 0.25) is 5.02 Å². The Morgan fingerprint density at radius 3 is 2.50 bits per heavy atom. The number of likely N-dealkylation sites (tertiary alicyclic amines) is 1. The summed E-state index contributed by atoms with van der Waals surface area (Å²) in [6.45, 7) is 3.40. The monoisotopic (exact) mass is 428 g/mol. The molecule has 3 rings (SSSR count). The van der Waals surface area contributed by atoms with Gasteiger partial charge < -0.3 is 15.0 Å². The molecule has 0 bridgehead atoms. The summed E-state index contributed by atoms with van der Waals surface area (Å²) in [5.41, 5.74) is 2.20. The molecule has 30 heavy (non-hydrogen) atoms. The van der Waals surface area contributed by atoms with E-state index in [0.717, 1.165) is 36.1 Å². The van der Waals surface area contributed by atoms with E-state index in [-0.39, 0.29) is 24.5 Å². The minimum Gasteiger partial charge on any atom is -0.483 e. The Balaban J connectivity index is 1.37. The van der Waals surface area contributed by atoms with Crippen LogP contribution in [0, 0.1) is 0 Å². The van der Waals surface area contributed by atoms with Crippen LogP contribution >= 0.6 is 11.6 Å². The lowest BCUT2D eigenvalue weighted by atomic mass is 10.0. The fourth-order valence-electron chi connectivity index (χ4n) is 3.65. The summed E-state index contributed by atoms with van der Waals surface area (Å²) in [6.07, 6.45) is 3.55. The second-order valence-corrected chi connectivity index (χ2v) is 8.04. The second-order valence-electron chi connectivity index (χ2n) is 7.60. The van der Waals surface area contributed by atoms with Crippen molar-refractivity contribution in [3.05, 3.63) is 64.7 Å². The van der Waals surface area contributed by atoms with Gasteiger partial charge in [-0.1, -0.05) is 48.9 Å². The van der Waals surface area contributed by atoms with Crippen molar-refractivity contribution in [3.8, 4) is 5.75 Å². The van der Waals surface area contributed by atoms with Crippen molar-refractivity contribution in [1.29, 1.82) is 0 Å². The zero-order valence-electron chi connectivity index (χ0n) is 17.4. The molecule has 0 aromatic heterocycles. The molecule has 160 valence electrons. The van der Waals surface area contributed by atoms with Crippen molar-refractivity contribution < 1.29 is 14.3 Å². The average Bonchev–Trinajstić information content (AvgIpc) is 2.77. The van der Waals surface area contributed by atoms with Crippen molar-refractivity contribution in [2.45, 2.75) is 45.1 Å². The first kappa shape index (κ1) is 22.2. The topological polar surface area (TPSA) is 58.6 Å². The van der Waals surface area contributed by atoms with E-state index in [1.807, 2.05) is 53.4 Å². The third-order valence-corrected chi connectivity index (χ3v) is 5.72. The van der Waals surface area contributed by atoms with E-state index in [9.17, 15) is 9.59 Å². The van der Waals surface area contributed by atoms with Crippen LogP contribution in [0.3, 0.4) is 0 Å². The molecule has 5 nitrogen and oxygen atoms in total. The van der Waals surface area contributed by atoms with Crippen LogP contribution in [0.1, 0.15) is 37.3 Å². The number of rotatable bonds is 8. The summed E-state index contributed by atoms with van der Waals surface area (Å²) < 4.78 is 5.75. The molecule has 0 atom stereocenters. The molecule has 0 radical (unpaired) electrons. The van der Waals surface area contributed by atoms with Crippen LogP contribution < -0.4 is 10.1 Å². The van der Waals surface area contributed by atoms with E-state index in [1.54, 1.807) is 0 Å². The van der Waals surface area contributed by atoms with Crippen LogP contribution in [0.5, 0.6) is 5.75 Å². The van der Waals surface area contributed by atoms with E-state index in [2.05, 4.69) is 12.2 Å². The number of carbonyl (C=O) groups excluding carboxylic acids is 2. The van der Waals surface area contributed by atoms with Gasteiger partial charge in [-0.3, -0.25) is 9.59 Å². The lowest BCUT2D eigenvalue weighted by Crippen LogP contribution is -2.47. The van der Waals surface area contributed by atoms with Crippen molar-refractivity contribution >= 4 is 23.4 Å². The fraction of sp³-hybridized carbons (Fsp3) is 0.417. The quantitative estimate of drug-likeness (QED) is 0.690.